The SMILES string of the molecule is COCOc1ccc2ccccc2c1-c1c(-c2c(F)cccc2F)ccc2ccccc12. The molecule has 0 aliphatic carbocycles. The van der Waals surface area contributed by atoms with E-state index in [9.17, 15) is 8.78 Å². The summed E-state index contributed by atoms with van der Waals surface area (Å²) in [6, 6.07) is 27.2. The number of halogens is 2. The van der Waals surface area contributed by atoms with E-state index in [1.165, 1.54) is 18.2 Å². The number of ether oxygens (including phenoxy) is 2. The molecule has 0 unspecified atom stereocenters. The van der Waals surface area contributed by atoms with Crippen LogP contribution in [0.4, 0.5) is 8.78 Å². The zero-order valence-electron chi connectivity index (χ0n) is 17.4. The van der Waals surface area contributed by atoms with Gasteiger partial charge in [-0.1, -0.05) is 72.8 Å². The fraction of sp³-hybridized carbons (Fsp3) is 0.0714. The maximum absolute atomic E-state index is 15.0. The van der Waals surface area contributed by atoms with Crippen LogP contribution in [0.25, 0.3) is 43.8 Å². The molecule has 5 aromatic rings. The molecule has 2 nitrogen and oxygen atoms in total. The molecule has 32 heavy (non-hydrogen) atoms. The van der Waals surface area contributed by atoms with Gasteiger partial charge in [0.2, 0.25) is 0 Å². The Kier molecular flexibility index (Phi) is 5.29. The van der Waals surface area contributed by atoms with E-state index in [0.29, 0.717) is 11.3 Å². The number of hydrogen-bond acceptors (Lipinski definition) is 2. The Morgan fingerprint density at radius 2 is 1.19 bits per heavy atom. The standard InChI is InChI=1S/C28H20F2O2/c1-31-17-32-25-16-14-19-8-3-5-10-21(19)28(25)26-20-9-4-2-7-18(20)13-15-22(26)27-23(29)11-6-12-24(27)30/h2-16H,17H2,1H3. The largest absolute Gasteiger partial charge is 0.467 e. The van der Waals surface area contributed by atoms with E-state index in [-0.39, 0.29) is 12.4 Å². The fourth-order valence-electron chi connectivity index (χ4n) is 4.26. The summed E-state index contributed by atoms with van der Waals surface area (Å²) in [5, 5.41) is 3.77. The molecule has 0 radical (unpaired) electrons. The van der Waals surface area contributed by atoms with E-state index in [0.717, 1.165) is 32.7 Å². The summed E-state index contributed by atoms with van der Waals surface area (Å²) in [5.74, 6) is -0.637. The minimum absolute atomic E-state index is 0.0551. The first-order valence-electron chi connectivity index (χ1n) is 10.3. The number of benzene rings is 5. The zero-order chi connectivity index (χ0) is 22.1. The van der Waals surface area contributed by atoms with Crippen molar-refractivity contribution in [3.63, 3.8) is 0 Å². The van der Waals surface area contributed by atoms with Crippen LogP contribution in [-0.4, -0.2) is 13.9 Å². The molecule has 5 aromatic carbocycles. The van der Waals surface area contributed by atoms with Crippen molar-refractivity contribution >= 4 is 21.5 Å². The minimum Gasteiger partial charge on any atom is -0.467 e. The lowest BCUT2D eigenvalue weighted by Crippen LogP contribution is -2.02. The maximum Gasteiger partial charge on any atom is 0.188 e. The molecule has 0 atom stereocenters. The number of methoxy groups -OCH3 is 1. The Balaban J connectivity index is 1.96. The van der Waals surface area contributed by atoms with Crippen LogP contribution in [0.5, 0.6) is 5.75 Å². The summed E-state index contributed by atoms with van der Waals surface area (Å²) < 4.78 is 41.0. The first-order valence-corrected chi connectivity index (χ1v) is 10.3. The van der Waals surface area contributed by atoms with Crippen molar-refractivity contribution in [1.29, 1.82) is 0 Å². The molecule has 0 saturated carbocycles. The Morgan fingerprint density at radius 1 is 0.594 bits per heavy atom. The second kappa shape index (κ2) is 8.40. The van der Waals surface area contributed by atoms with Gasteiger partial charge in [-0.3, -0.25) is 0 Å². The van der Waals surface area contributed by atoms with Gasteiger partial charge in [0.1, 0.15) is 17.4 Å². The van der Waals surface area contributed by atoms with Crippen LogP contribution in [0, 0.1) is 11.6 Å². The van der Waals surface area contributed by atoms with Crippen LogP contribution >= 0.6 is 0 Å². The molecule has 0 aliphatic rings. The summed E-state index contributed by atoms with van der Waals surface area (Å²) in [7, 11) is 1.55. The minimum atomic E-state index is -0.610. The van der Waals surface area contributed by atoms with Crippen LogP contribution in [-0.2, 0) is 4.74 Å². The first-order chi connectivity index (χ1) is 15.7. The monoisotopic (exact) mass is 426 g/mol. The smallest absolute Gasteiger partial charge is 0.188 e. The summed E-state index contributed by atoms with van der Waals surface area (Å²) in [4.78, 5) is 0. The maximum atomic E-state index is 15.0. The van der Waals surface area contributed by atoms with Gasteiger partial charge in [-0.25, -0.2) is 8.78 Å². The molecule has 158 valence electrons. The molecule has 0 aromatic heterocycles. The van der Waals surface area contributed by atoms with Gasteiger partial charge in [0.05, 0.1) is 5.56 Å². The average molecular weight is 426 g/mol. The molecule has 5 rings (SSSR count). The van der Waals surface area contributed by atoms with Crippen molar-refractivity contribution in [3.8, 4) is 28.0 Å². The Labute approximate surface area is 184 Å². The lowest BCUT2D eigenvalue weighted by Gasteiger charge is -2.20. The van der Waals surface area contributed by atoms with Gasteiger partial charge in [0.15, 0.2) is 6.79 Å². The second-order valence-electron chi connectivity index (χ2n) is 7.52. The van der Waals surface area contributed by atoms with Crippen LogP contribution in [0.15, 0.2) is 91.0 Å². The van der Waals surface area contributed by atoms with E-state index in [1.807, 2.05) is 66.7 Å². The van der Waals surface area contributed by atoms with E-state index in [2.05, 4.69) is 0 Å². The second-order valence-corrected chi connectivity index (χ2v) is 7.52. The van der Waals surface area contributed by atoms with Crippen molar-refractivity contribution in [3.05, 3.63) is 103 Å². The molecule has 0 amide bonds. The molecule has 0 saturated heterocycles. The van der Waals surface area contributed by atoms with E-state index in [4.69, 9.17) is 9.47 Å². The molecule has 0 heterocycles. The number of fused-ring (bicyclic) bond motifs is 2. The highest BCUT2D eigenvalue weighted by Gasteiger charge is 2.22. The summed E-state index contributed by atoms with van der Waals surface area (Å²) in [5.41, 5.74) is 1.90. The predicted molar refractivity (Wildman–Crippen MR) is 125 cm³/mol. The van der Waals surface area contributed by atoms with E-state index < -0.39 is 11.6 Å². The number of rotatable bonds is 5. The third kappa shape index (κ3) is 3.39. The molecule has 0 fully saturated rings. The van der Waals surface area contributed by atoms with Gasteiger partial charge >= 0.3 is 0 Å². The average Bonchev–Trinajstić information content (AvgIpc) is 2.82. The Morgan fingerprint density at radius 3 is 1.84 bits per heavy atom. The van der Waals surface area contributed by atoms with Crippen molar-refractivity contribution in [2.24, 2.45) is 0 Å². The third-order valence-electron chi connectivity index (χ3n) is 5.63. The quantitative estimate of drug-likeness (QED) is 0.270. The highest BCUT2D eigenvalue weighted by Crippen LogP contribution is 2.46. The van der Waals surface area contributed by atoms with Crippen molar-refractivity contribution in [2.45, 2.75) is 0 Å². The number of hydrogen-bond donors (Lipinski definition) is 0. The van der Waals surface area contributed by atoms with Crippen molar-refractivity contribution in [1.82, 2.24) is 0 Å². The van der Waals surface area contributed by atoms with Crippen LogP contribution in [0.2, 0.25) is 0 Å². The molecule has 4 heteroatoms. The molecule has 0 N–H and O–H groups in total. The lowest BCUT2D eigenvalue weighted by molar-refractivity contribution is 0.0516. The van der Waals surface area contributed by atoms with Crippen LogP contribution in [0.3, 0.4) is 0 Å². The zero-order valence-corrected chi connectivity index (χ0v) is 17.4. The van der Waals surface area contributed by atoms with Gasteiger partial charge < -0.3 is 9.47 Å². The highest BCUT2D eigenvalue weighted by molar-refractivity contribution is 6.12. The first kappa shape index (κ1) is 20.2. The molecular weight excluding hydrogens is 406 g/mol. The Hall–Kier alpha value is -3.76. The topological polar surface area (TPSA) is 18.5 Å². The molecule has 0 spiro atoms. The van der Waals surface area contributed by atoms with Gasteiger partial charge in [-0.15, -0.1) is 0 Å². The third-order valence-corrected chi connectivity index (χ3v) is 5.63. The van der Waals surface area contributed by atoms with Crippen LogP contribution in [0.1, 0.15) is 0 Å². The van der Waals surface area contributed by atoms with Gasteiger partial charge in [-0.2, -0.15) is 0 Å². The normalized spacial score (nSPS) is 11.2. The molecule has 0 bridgehead atoms. The predicted octanol–water partition coefficient (Wildman–Crippen LogP) is 7.59. The van der Waals surface area contributed by atoms with Crippen molar-refractivity contribution in [2.75, 3.05) is 13.9 Å². The van der Waals surface area contributed by atoms with Gasteiger partial charge in [0, 0.05) is 18.2 Å². The highest BCUT2D eigenvalue weighted by atomic mass is 19.1. The van der Waals surface area contributed by atoms with Crippen LogP contribution < -0.4 is 4.74 Å². The van der Waals surface area contributed by atoms with Gasteiger partial charge in [0.25, 0.3) is 0 Å². The summed E-state index contributed by atoms with van der Waals surface area (Å²) in [6.45, 7) is 0.0551. The van der Waals surface area contributed by atoms with Gasteiger partial charge in [-0.05, 0) is 45.3 Å². The Bertz CT molecular complexity index is 1420. The van der Waals surface area contributed by atoms with Crippen molar-refractivity contribution < 1.29 is 18.3 Å². The summed E-state index contributed by atoms with van der Waals surface area (Å²) >= 11 is 0. The molecule has 0 aliphatic heterocycles. The van der Waals surface area contributed by atoms with E-state index >= 15 is 0 Å². The fourth-order valence-corrected chi connectivity index (χ4v) is 4.26. The lowest BCUT2D eigenvalue weighted by atomic mass is 9.86. The molecular formula is C28H20F2O2. The van der Waals surface area contributed by atoms with E-state index in [1.54, 1.807) is 13.2 Å². The summed E-state index contributed by atoms with van der Waals surface area (Å²) in [6.07, 6.45) is 0.